The molecule has 3 heterocycles. The summed E-state index contributed by atoms with van der Waals surface area (Å²) in [4.78, 5) is 32.1. The Balaban J connectivity index is 1.32. The number of hydrogen-bond acceptors (Lipinski definition) is 8. The number of pyridine rings is 1. The van der Waals surface area contributed by atoms with Gasteiger partial charge in [-0.15, -0.1) is 0 Å². The molecule has 47 heavy (non-hydrogen) atoms. The van der Waals surface area contributed by atoms with Gasteiger partial charge in [-0.05, 0) is 68.9 Å². The average molecular weight is 662 g/mol. The second-order valence-electron chi connectivity index (χ2n) is 13.2. The number of halogens is 1. The highest BCUT2D eigenvalue weighted by atomic mass is 35.5. The highest BCUT2D eigenvalue weighted by Gasteiger charge is 2.26. The lowest BCUT2D eigenvalue weighted by Crippen LogP contribution is -2.32. The van der Waals surface area contributed by atoms with Crippen molar-refractivity contribution >= 4 is 39.9 Å². The molecule has 1 aliphatic heterocycles. The van der Waals surface area contributed by atoms with Crippen molar-refractivity contribution in [3.8, 4) is 17.2 Å². The van der Waals surface area contributed by atoms with E-state index in [9.17, 15) is 9.59 Å². The van der Waals surface area contributed by atoms with E-state index < -0.39 is 0 Å². The maximum atomic E-state index is 13.4. The molecule has 250 valence electrons. The molecule has 1 N–H and O–H groups in total. The van der Waals surface area contributed by atoms with Gasteiger partial charge in [0, 0.05) is 60.7 Å². The first-order chi connectivity index (χ1) is 22.4. The largest absolute Gasteiger partial charge is 0.489 e. The first-order valence-corrected chi connectivity index (χ1v) is 16.4. The number of rotatable bonds is 12. The lowest BCUT2D eigenvalue weighted by atomic mass is 9.92. The number of amides is 1. The summed E-state index contributed by atoms with van der Waals surface area (Å²) in [5, 5.41) is 8.93. The summed E-state index contributed by atoms with van der Waals surface area (Å²) in [6.45, 7) is 10.6. The molecule has 0 radical (unpaired) electrons. The molecule has 1 aliphatic rings. The second-order valence-corrected chi connectivity index (χ2v) is 13.6. The molecular formula is C36H44ClN5O5. The Labute approximate surface area is 281 Å². The molecule has 1 fully saturated rings. The van der Waals surface area contributed by atoms with Crippen molar-refractivity contribution in [2.75, 3.05) is 45.8 Å². The molecule has 11 heteroatoms. The minimum atomic E-state index is -0.231. The third-order valence-corrected chi connectivity index (χ3v) is 8.64. The van der Waals surface area contributed by atoms with Crippen LogP contribution in [0.25, 0.3) is 10.9 Å². The van der Waals surface area contributed by atoms with Gasteiger partial charge in [0.15, 0.2) is 0 Å². The van der Waals surface area contributed by atoms with Gasteiger partial charge in [0.25, 0.3) is 0 Å². The van der Waals surface area contributed by atoms with Gasteiger partial charge in [-0.3, -0.25) is 19.3 Å². The third kappa shape index (κ3) is 8.68. The van der Waals surface area contributed by atoms with E-state index in [2.05, 4.69) is 53.8 Å². The molecule has 0 atom stereocenters. The Bertz CT molecular complexity index is 1740. The predicted molar refractivity (Wildman–Crippen MR) is 184 cm³/mol. The second kappa shape index (κ2) is 14.8. The monoisotopic (exact) mass is 661 g/mol. The van der Waals surface area contributed by atoms with Gasteiger partial charge in [0.2, 0.25) is 5.91 Å². The topological polar surface area (TPSA) is 108 Å². The number of carbonyl (C=O) groups is 2. The Morgan fingerprint density at radius 3 is 2.47 bits per heavy atom. The molecule has 0 spiro atoms. The number of carbonyl (C=O) groups excluding carboxylic acids is 2. The first-order valence-electron chi connectivity index (χ1n) is 16.0. The van der Waals surface area contributed by atoms with Crippen LogP contribution < -0.4 is 14.8 Å². The van der Waals surface area contributed by atoms with Crippen LogP contribution in [0.3, 0.4) is 0 Å². The van der Waals surface area contributed by atoms with E-state index in [-0.39, 0.29) is 23.5 Å². The van der Waals surface area contributed by atoms with Crippen molar-refractivity contribution in [1.82, 2.24) is 19.7 Å². The zero-order valence-electron chi connectivity index (χ0n) is 28.1. The average Bonchev–Trinajstić information content (AvgIpc) is 3.43. The number of aromatic nitrogens is 3. The number of nitrogens with zero attached hydrogens (tertiary/aromatic N) is 4. The molecule has 1 amide bonds. The van der Waals surface area contributed by atoms with Crippen molar-refractivity contribution in [3.63, 3.8) is 0 Å². The van der Waals surface area contributed by atoms with Crippen LogP contribution in [-0.2, 0) is 32.6 Å². The number of likely N-dealkylation sites (tertiary alicyclic amines) is 1. The lowest BCUT2D eigenvalue weighted by molar-refractivity contribution is -0.118. The van der Waals surface area contributed by atoms with Crippen LogP contribution in [0.15, 0.2) is 48.7 Å². The summed E-state index contributed by atoms with van der Waals surface area (Å²) in [6, 6.07) is 13.0. The molecule has 0 unspecified atom stereocenters. The lowest BCUT2D eigenvalue weighted by Gasteiger charge is -2.30. The molecule has 2 aromatic carbocycles. The van der Waals surface area contributed by atoms with Crippen LogP contribution >= 0.6 is 11.6 Å². The van der Waals surface area contributed by atoms with Crippen molar-refractivity contribution < 1.29 is 23.8 Å². The first kappa shape index (κ1) is 34.3. The maximum Gasteiger partial charge on any atom is 0.221 e. The number of piperidine rings is 1. The van der Waals surface area contributed by atoms with Crippen molar-refractivity contribution in [1.29, 1.82) is 0 Å². The zero-order chi connectivity index (χ0) is 33.7. The Hall–Kier alpha value is -3.99. The molecule has 5 rings (SSSR count). The van der Waals surface area contributed by atoms with Gasteiger partial charge < -0.3 is 24.4 Å². The van der Waals surface area contributed by atoms with E-state index >= 15 is 0 Å². The number of fused-ring (bicyclic) bond motifs is 1. The van der Waals surface area contributed by atoms with E-state index in [1.54, 1.807) is 43.6 Å². The number of Topliss-reactive ketones (excluding diaryl/α,β-unsaturated/α-hetero) is 1. The minimum absolute atomic E-state index is 0.0734. The quantitative estimate of drug-likeness (QED) is 0.166. The van der Waals surface area contributed by atoms with E-state index in [0.29, 0.717) is 64.5 Å². The van der Waals surface area contributed by atoms with E-state index in [1.165, 1.54) is 6.92 Å². The highest BCUT2D eigenvalue weighted by Crippen LogP contribution is 2.37. The van der Waals surface area contributed by atoms with Gasteiger partial charge >= 0.3 is 0 Å². The molecule has 0 bridgehead atoms. The summed E-state index contributed by atoms with van der Waals surface area (Å²) in [6.07, 6.45) is 4.17. The molecule has 10 nitrogen and oxygen atoms in total. The van der Waals surface area contributed by atoms with E-state index in [4.69, 9.17) is 30.9 Å². The Morgan fingerprint density at radius 1 is 1.02 bits per heavy atom. The fraction of sp³-hybridized carbons (Fsp3) is 0.444. The van der Waals surface area contributed by atoms with Crippen LogP contribution in [0.1, 0.15) is 63.5 Å². The SMILES string of the molecule is COCCOc1cc2nccc(Oc3ccc(CC(=O)Cc4cc(C(C)(C)C)nn4C4CCN(C)CC4)c(Cl)c3)c2cc1NC(C)=O. The van der Waals surface area contributed by atoms with Crippen LogP contribution in [0.4, 0.5) is 5.69 Å². The Kier molecular flexibility index (Phi) is 10.8. The van der Waals surface area contributed by atoms with E-state index in [0.717, 1.165) is 42.9 Å². The number of benzene rings is 2. The number of methoxy groups -OCH3 is 1. The highest BCUT2D eigenvalue weighted by molar-refractivity contribution is 6.31. The number of ketones is 1. The van der Waals surface area contributed by atoms with Crippen molar-refractivity contribution in [3.05, 3.63) is 70.6 Å². The van der Waals surface area contributed by atoms with Crippen LogP contribution in [0.5, 0.6) is 17.2 Å². The number of ether oxygens (including phenoxy) is 3. The van der Waals surface area contributed by atoms with Gasteiger partial charge in [-0.1, -0.05) is 38.4 Å². The molecule has 0 saturated carbocycles. The number of anilines is 1. The standard InChI is InChI=1S/C36H44ClN5O5/c1-23(43)39-32-21-29-31(22-34(32)46-16-15-45-6)38-12-9-33(29)47-28-8-7-24(30(37)20-28)17-27(44)18-26-19-35(36(2,3)4)40-42(26)25-10-13-41(5)14-11-25/h7-9,12,19-22,25H,10-11,13-18H2,1-6H3,(H,39,43). The fourth-order valence-corrected chi connectivity index (χ4v) is 5.94. The molecule has 1 saturated heterocycles. The predicted octanol–water partition coefficient (Wildman–Crippen LogP) is 6.78. The molecule has 4 aromatic rings. The minimum Gasteiger partial charge on any atom is -0.489 e. The van der Waals surface area contributed by atoms with Gasteiger partial charge in [0.1, 0.15) is 29.6 Å². The summed E-state index contributed by atoms with van der Waals surface area (Å²) in [5.41, 5.74) is 3.71. The Morgan fingerprint density at radius 2 is 1.79 bits per heavy atom. The van der Waals surface area contributed by atoms with E-state index in [1.807, 2.05) is 6.07 Å². The normalized spacial score (nSPS) is 14.4. The maximum absolute atomic E-state index is 13.4. The summed E-state index contributed by atoms with van der Waals surface area (Å²) in [5.74, 6) is 1.36. The van der Waals surface area contributed by atoms with Crippen LogP contribution in [0.2, 0.25) is 5.02 Å². The van der Waals surface area contributed by atoms with Crippen molar-refractivity contribution in [2.24, 2.45) is 0 Å². The van der Waals surface area contributed by atoms with Gasteiger partial charge in [-0.25, -0.2) is 0 Å². The molecule has 2 aromatic heterocycles. The molecule has 0 aliphatic carbocycles. The van der Waals surface area contributed by atoms with Crippen LogP contribution in [-0.4, -0.2) is 71.8 Å². The zero-order valence-corrected chi connectivity index (χ0v) is 28.8. The fourth-order valence-electron chi connectivity index (χ4n) is 5.71. The van der Waals surface area contributed by atoms with Crippen LogP contribution in [0, 0.1) is 0 Å². The summed E-state index contributed by atoms with van der Waals surface area (Å²) < 4.78 is 19.3. The number of hydrogen-bond donors (Lipinski definition) is 1. The van der Waals surface area contributed by atoms with Gasteiger partial charge in [-0.2, -0.15) is 5.10 Å². The smallest absolute Gasteiger partial charge is 0.221 e. The number of nitrogens with one attached hydrogen (secondary N) is 1. The van der Waals surface area contributed by atoms with Gasteiger partial charge in [0.05, 0.1) is 29.5 Å². The molecular weight excluding hydrogens is 618 g/mol. The van der Waals surface area contributed by atoms with Crippen molar-refractivity contribution in [2.45, 2.75) is 64.8 Å². The summed E-state index contributed by atoms with van der Waals surface area (Å²) in [7, 11) is 3.74. The summed E-state index contributed by atoms with van der Waals surface area (Å²) >= 11 is 6.71. The third-order valence-electron chi connectivity index (χ3n) is 8.29.